The summed E-state index contributed by atoms with van der Waals surface area (Å²) >= 11 is 3.34. The van der Waals surface area contributed by atoms with Gasteiger partial charge in [-0.3, -0.25) is 0 Å². The molecule has 0 bridgehead atoms. The molecule has 0 saturated heterocycles. The van der Waals surface area contributed by atoms with Crippen LogP contribution in [0.3, 0.4) is 0 Å². The predicted molar refractivity (Wildman–Crippen MR) is 57.6 cm³/mol. The predicted octanol–water partition coefficient (Wildman–Crippen LogP) is 3.22. The molecule has 0 aromatic carbocycles. The molecule has 2 nitrogen and oxygen atoms in total. The van der Waals surface area contributed by atoms with Crippen LogP contribution in [0.15, 0.2) is 16.7 Å². The average molecular weight is 231 g/mol. The Balaban J connectivity index is 0.000000561. The molecule has 0 aliphatic carbocycles. The first-order chi connectivity index (χ1) is 5.74. The number of rotatable bonds is 1. The number of nitrogens with zero attached hydrogens (tertiary/aromatic N) is 1. The summed E-state index contributed by atoms with van der Waals surface area (Å²) in [4.78, 5) is 4.14. The van der Waals surface area contributed by atoms with Crippen molar-refractivity contribution in [3.8, 4) is 0 Å². The second-order valence-corrected chi connectivity index (χ2v) is 2.98. The van der Waals surface area contributed by atoms with Crippen molar-refractivity contribution in [1.82, 2.24) is 4.98 Å². The summed E-state index contributed by atoms with van der Waals surface area (Å²) in [6.07, 6.45) is 1.78. The summed E-state index contributed by atoms with van der Waals surface area (Å²) in [5.74, 6) is 0.934. The molecule has 1 heterocycles. The van der Waals surface area contributed by atoms with E-state index in [1.165, 1.54) is 0 Å². The zero-order valence-electron chi connectivity index (χ0n) is 7.98. The van der Waals surface area contributed by atoms with Gasteiger partial charge in [0.05, 0.1) is 0 Å². The molecule has 0 amide bonds. The van der Waals surface area contributed by atoms with E-state index >= 15 is 0 Å². The minimum Gasteiger partial charge on any atom is -0.373 e. The van der Waals surface area contributed by atoms with Crippen LogP contribution >= 0.6 is 15.9 Å². The smallest absolute Gasteiger partial charge is 0.128 e. The average Bonchev–Trinajstić information content (AvgIpc) is 2.08. The molecule has 0 saturated carbocycles. The molecular formula is C9H15BrN2. The van der Waals surface area contributed by atoms with Crippen LogP contribution in [0, 0.1) is 6.92 Å². The van der Waals surface area contributed by atoms with Gasteiger partial charge in [-0.1, -0.05) is 13.8 Å². The van der Waals surface area contributed by atoms with E-state index in [4.69, 9.17) is 0 Å². The molecule has 0 spiro atoms. The standard InChI is InChI=1S/C7H9BrN2.C2H6/c1-5-3-6(8)4-10-7(5)9-2;1-2/h3-4H,1-2H3,(H,9,10);1-2H3. The Morgan fingerprint density at radius 1 is 1.42 bits per heavy atom. The van der Waals surface area contributed by atoms with Gasteiger partial charge >= 0.3 is 0 Å². The first-order valence-electron chi connectivity index (χ1n) is 4.04. The minimum absolute atomic E-state index is 0.934. The fraction of sp³-hybridized carbons (Fsp3) is 0.444. The van der Waals surface area contributed by atoms with Crippen LogP contribution in [-0.2, 0) is 0 Å². The Kier molecular flexibility index (Phi) is 5.72. The van der Waals surface area contributed by atoms with Crippen molar-refractivity contribution in [1.29, 1.82) is 0 Å². The maximum atomic E-state index is 4.14. The summed E-state index contributed by atoms with van der Waals surface area (Å²) in [5, 5.41) is 2.99. The number of pyridine rings is 1. The molecule has 0 aliphatic rings. The van der Waals surface area contributed by atoms with E-state index < -0.39 is 0 Å². The molecule has 0 aliphatic heterocycles. The highest BCUT2D eigenvalue weighted by atomic mass is 79.9. The van der Waals surface area contributed by atoms with Crippen LogP contribution in [-0.4, -0.2) is 12.0 Å². The fourth-order valence-corrected chi connectivity index (χ4v) is 1.25. The monoisotopic (exact) mass is 230 g/mol. The highest BCUT2D eigenvalue weighted by molar-refractivity contribution is 9.10. The highest BCUT2D eigenvalue weighted by Gasteiger charge is 1.95. The van der Waals surface area contributed by atoms with Crippen molar-refractivity contribution in [2.24, 2.45) is 0 Å². The maximum absolute atomic E-state index is 4.14. The maximum Gasteiger partial charge on any atom is 0.128 e. The van der Waals surface area contributed by atoms with E-state index in [-0.39, 0.29) is 0 Å². The lowest BCUT2D eigenvalue weighted by atomic mass is 10.3. The Morgan fingerprint density at radius 3 is 2.42 bits per heavy atom. The molecule has 12 heavy (non-hydrogen) atoms. The van der Waals surface area contributed by atoms with Crippen molar-refractivity contribution in [3.63, 3.8) is 0 Å². The van der Waals surface area contributed by atoms with Gasteiger partial charge in [-0.15, -0.1) is 0 Å². The molecule has 0 fully saturated rings. The van der Waals surface area contributed by atoms with Crippen molar-refractivity contribution >= 4 is 21.7 Å². The van der Waals surface area contributed by atoms with Gasteiger partial charge < -0.3 is 5.32 Å². The van der Waals surface area contributed by atoms with Crippen molar-refractivity contribution in [2.75, 3.05) is 12.4 Å². The molecule has 3 heteroatoms. The molecule has 0 radical (unpaired) electrons. The summed E-state index contributed by atoms with van der Waals surface area (Å²) in [7, 11) is 1.86. The van der Waals surface area contributed by atoms with E-state index in [0.717, 1.165) is 15.9 Å². The third-order valence-electron chi connectivity index (χ3n) is 1.28. The molecular weight excluding hydrogens is 216 g/mol. The van der Waals surface area contributed by atoms with Crippen LogP contribution in [0.2, 0.25) is 0 Å². The number of anilines is 1. The first kappa shape index (κ1) is 11.4. The van der Waals surface area contributed by atoms with Gasteiger partial charge in [0.25, 0.3) is 0 Å². The lowest BCUT2D eigenvalue weighted by molar-refractivity contribution is 1.22. The number of halogens is 1. The van der Waals surface area contributed by atoms with E-state index in [1.807, 2.05) is 33.9 Å². The van der Waals surface area contributed by atoms with Gasteiger partial charge in [0, 0.05) is 17.7 Å². The van der Waals surface area contributed by atoms with Gasteiger partial charge in [-0.2, -0.15) is 0 Å². The van der Waals surface area contributed by atoms with Crippen LogP contribution < -0.4 is 5.32 Å². The van der Waals surface area contributed by atoms with Crippen LogP contribution in [0.4, 0.5) is 5.82 Å². The summed E-state index contributed by atoms with van der Waals surface area (Å²) in [6.45, 7) is 6.02. The Labute approximate surface area is 82.5 Å². The summed E-state index contributed by atoms with van der Waals surface area (Å²) in [5.41, 5.74) is 1.15. The highest BCUT2D eigenvalue weighted by Crippen LogP contribution is 2.15. The quantitative estimate of drug-likeness (QED) is 0.802. The summed E-state index contributed by atoms with van der Waals surface area (Å²) < 4.78 is 1.02. The van der Waals surface area contributed by atoms with Gasteiger partial charge in [0.2, 0.25) is 0 Å². The third-order valence-corrected chi connectivity index (χ3v) is 1.72. The minimum atomic E-state index is 0.934. The van der Waals surface area contributed by atoms with Crippen molar-refractivity contribution < 1.29 is 0 Å². The van der Waals surface area contributed by atoms with Gasteiger partial charge in [0.1, 0.15) is 5.82 Å². The normalized spacial score (nSPS) is 8.42. The van der Waals surface area contributed by atoms with Gasteiger partial charge in [-0.25, -0.2) is 4.98 Å². The third kappa shape index (κ3) is 3.22. The lowest BCUT2D eigenvalue weighted by Crippen LogP contribution is -1.94. The number of nitrogens with one attached hydrogen (secondary N) is 1. The van der Waals surface area contributed by atoms with Gasteiger partial charge in [0.15, 0.2) is 0 Å². The van der Waals surface area contributed by atoms with Crippen molar-refractivity contribution in [2.45, 2.75) is 20.8 Å². The topological polar surface area (TPSA) is 24.9 Å². The van der Waals surface area contributed by atoms with E-state index in [1.54, 1.807) is 6.20 Å². The van der Waals surface area contributed by atoms with E-state index in [2.05, 4.69) is 26.2 Å². The Bertz CT molecular complexity index is 236. The van der Waals surface area contributed by atoms with Crippen LogP contribution in [0.1, 0.15) is 19.4 Å². The lowest BCUT2D eigenvalue weighted by Gasteiger charge is -2.02. The van der Waals surface area contributed by atoms with Crippen LogP contribution in [0.5, 0.6) is 0 Å². The van der Waals surface area contributed by atoms with Crippen LogP contribution in [0.25, 0.3) is 0 Å². The zero-order chi connectivity index (χ0) is 9.56. The Morgan fingerprint density at radius 2 is 2.00 bits per heavy atom. The molecule has 1 rings (SSSR count). The number of hydrogen-bond acceptors (Lipinski definition) is 2. The molecule has 1 aromatic heterocycles. The second-order valence-electron chi connectivity index (χ2n) is 2.07. The largest absolute Gasteiger partial charge is 0.373 e. The van der Waals surface area contributed by atoms with E-state index in [9.17, 15) is 0 Å². The second kappa shape index (κ2) is 6.00. The molecule has 1 aromatic rings. The Hall–Kier alpha value is -0.570. The zero-order valence-corrected chi connectivity index (χ0v) is 9.57. The number of aryl methyl sites for hydroxylation is 1. The first-order valence-corrected chi connectivity index (χ1v) is 4.83. The van der Waals surface area contributed by atoms with E-state index in [0.29, 0.717) is 0 Å². The van der Waals surface area contributed by atoms with Crippen molar-refractivity contribution in [3.05, 3.63) is 22.3 Å². The number of aromatic nitrogens is 1. The summed E-state index contributed by atoms with van der Waals surface area (Å²) in [6, 6.07) is 2.03. The SMILES string of the molecule is CC.CNc1ncc(Br)cc1C. The fourth-order valence-electron chi connectivity index (χ4n) is 0.802. The molecule has 0 unspecified atom stereocenters. The molecule has 0 atom stereocenters. The molecule has 1 N–H and O–H groups in total. The molecule has 68 valence electrons. The van der Waals surface area contributed by atoms with Gasteiger partial charge in [-0.05, 0) is 34.5 Å². The number of hydrogen-bond donors (Lipinski definition) is 1.